The van der Waals surface area contributed by atoms with Crippen molar-refractivity contribution in [2.24, 2.45) is 5.41 Å². The van der Waals surface area contributed by atoms with Crippen molar-refractivity contribution in [1.82, 2.24) is 4.98 Å². The predicted molar refractivity (Wildman–Crippen MR) is 90.8 cm³/mol. The molecule has 0 spiro atoms. The highest BCUT2D eigenvalue weighted by molar-refractivity contribution is 6.29. The van der Waals surface area contributed by atoms with E-state index in [1.165, 1.54) is 11.1 Å². The molecular weight excluding hydrogens is 278 g/mol. The lowest BCUT2D eigenvalue weighted by molar-refractivity contribution is 0.330. The van der Waals surface area contributed by atoms with E-state index in [0.717, 1.165) is 19.3 Å². The summed E-state index contributed by atoms with van der Waals surface area (Å²) in [6, 6.07) is 14.7. The molecule has 2 heteroatoms. The van der Waals surface area contributed by atoms with Crippen LogP contribution in [0.5, 0.6) is 0 Å². The van der Waals surface area contributed by atoms with E-state index in [1.807, 2.05) is 12.3 Å². The van der Waals surface area contributed by atoms with Crippen LogP contribution in [0.25, 0.3) is 0 Å². The van der Waals surface area contributed by atoms with E-state index in [1.54, 1.807) is 0 Å². The molecule has 2 rings (SSSR count). The number of hydrogen-bond donors (Lipinski definition) is 0. The standard InChI is InChI=1S/C19H24ClN/c1-19(2,3)13-16(17-11-12-18(20)21-14-17)10-9-15-7-5-4-6-8-15/h4-8,11-12,14,16H,9-10,13H2,1-3H3. The van der Waals surface area contributed by atoms with Gasteiger partial charge in [-0.05, 0) is 47.8 Å². The summed E-state index contributed by atoms with van der Waals surface area (Å²) in [6.45, 7) is 6.89. The molecule has 0 aliphatic carbocycles. The van der Waals surface area contributed by atoms with Gasteiger partial charge in [-0.3, -0.25) is 0 Å². The zero-order valence-electron chi connectivity index (χ0n) is 13.1. The minimum atomic E-state index is 0.307. The number of aromatic nitrogens is 1. The smallest absolute Gasteiger partial charge is 0.129 e. The van der Waals surface area contributed by atoms with Gasteiger partial charge in [0.05, 0.1) is 0 Å². The molecule has 0 fully saturated rings. The van der Waals surface area contributed by atoms with E-state index < -0.39 is 0 Å². The van der Waals surface area contributed by atoms with Crippen molar-refractivity contribution in [3.8, 4) is 0 Å². The SMILES string of the molecule is CC(C)(C)CC(CCc1ccccc1)c1ccc(Cl)nc1. The van der Waals surface area contributed by atoms with Crippen LogP contribution in [0.3, 0.4) is 0 Å². The van der Waals surface area contributed by atoms with Crippen molar-refractivity contribution in [3.63, 3.8) is 0 Å². The van der Waals surface area contributed by atoms with Crippen molar-refractivity contribution in [2.75, 3.05) is 0 Å². The molecule has 112 valence electrons. The molecule has 1 atom stereocenters. The fourth-order valence-electron chi connectivity index (χ4n) is 2.74. The summed E-state index contributed by atoms with van der Waals surface area (Å²) in [5.41, 5.74) is 3.00. The molecule has 1 aromatic carbocycles. The Bertz CT molecular complexity index is 540. The average molecular weight is 302 g/mol. The van der Waals surface area contributed by atoms with E-state index in [2.05, 4.69) is 62.2 Å². The van der Waals surface area contributed by atoms with Crippen LogP contribution in [0.4, 0.5) is 0 Å². The van der Waals surface area contributed by atoms with Gasteiger partial charge in [-0.25, -0.2) is 4.98 Å². The third kappa shape index (κ3) is 5.51. The number of rotatable bonds is 5. The molecule has 0 N–H and O–H groups in total. The van der Waals surface area contributed by atoms with Crippen LogP contribution in [0, 0.1) is 5.41 Å². The van der Waals surface area contributed by atoms with Gasteiger partial charge in [0.25, 0.3) is 0 Å². The molecule has 1 aromatic heterocycles. The van der Waals surface area contributed by atoms with E-state index >= 15 is 0 Å². The van der Waals surface area contributed by atoms with Crippen molar-refractivity contribution in [1.29, 1.82) is 0 Å². The lowest BCUT2D eigenvalue weighted by Crippen LogP contribution is -2.13. The monoisotopic (exact) mass is 301 g/mol. The van der Waals surface area contributed by atoms with Crippen molar-refractivity contribution < 1.29 is 0 Å². The van der Waals surface area contributed by atoms with Gasteiger partial charge >= 0.3 is 0 Å². The molecule has 2 aromatic rings. The lowest BCUT2D eigenvalue weighted by atomic mass is 9.79. The van der Waals surface area contributed by atoms with Gasteiger partial charge in [-0.15, -0.1) is 0 Å². The first-order valence-corrected chi connectivity index (χ1v) is 7.97. The number of pyridine rings is 1. The third-order valence-electron chi connectivity index (χ3n) is 3.70. The highest BCUT2D eigenvalue weighted by Gasteiger charge is 2.20. The Balaban J connectivity index is 2.10. The first-order chi connectivity index (χ1) is 9.94. The second kappa shape index (κ2) is 7.09. The molecule has 0 radical (unpaired) electrons. The van der Waals surface area contributed by atoms with Crippen LogP contribution < -0.4 is 0 Å². The number of aryl methyl sites for hydroxylation is 1. The van der Waals surface area contributed by atoms with Crippen LogP contribution in [-0.2, 0) is 6.42 Å². The fraction of sp³-hybridized carbons (Fsp3) is 0.421. The number of hydrogen-bond acceptors (Lipinski definition) is 1. The van der Waals surface area contributed by atoms with Crippen molar-refractivity contribution in [2.45, 2.75) is 46.0 Å². The Morgan fingerprint density at radius 3 is 2.33 bits per heavy atom. The van der Waals surface area contributed by atoms with Crippen LogP contribution in [0.2, 0.25) is 5.15 Å². The highest BCUT2D eigenvalue weighted by atomic mass is 35.5. The number of benzene rings is 1. The van der Waals surface area contributed by atoms with Gasteiger partial charge in [0.1, 0.15) is 5.15 Å². The average Bonchev–Trinajstić information content (AvgIpc) is 2.44. The molecule has 1 unspecified atom stereocenters. The van der Waals surface area contributed by atoms with Gasteiger partial charge in [-0.1, -0.05) is 68.8 Å². The Labute approximate surface area is 133 Å². The van der Waals surface area contributed by atoms with Crippen molar-refractivity contribution >= 4 is 11.6 Å². The van der Waals surface area contributed by atoms with Gasteiger partial charge in [0.15, 0.2) is 0 Å². The summed E-state index contributed by atoms with van der Waals surface area (Å²) in [5, 5.41) is 0.566. The van der Waals surface area contributed by atoms with Gasteiger partial charge in [0, 0.05) is 6.20 Å². The largest absolute Gasteiger partial charge is 0.244 e. The molecule has 0 saturated carbocycles. The van der Waals surface area contributed by atoms with Crippen molar-refractivity contribution in [3.05, 3.63) is 64.9 Å². The van der Waals surface area contributed by atoms with E-state index in [9.17, 15) is 0 Å². The Hall–Kier alpha value is -1.34. The zero-order chi connectivity index (χ0) is 15.3. The summed E-state index contributed by atoms with van der Waals surface area (Å²) in [6.07, 6.45) is 5.34. The molecule has 0 amide bonds. The second-order valence-electron chi connectivity index (χ2n) is 6.90. The molecule has 0 bridgehead atoms. The molecular formula is C19H24ClN. The molecule has 1 nitrogen and oxygen atoms in total. The molecule has 1 heterocycles. The maximum atomic E-state index is 5.91. The van der Waals surface area contributed by atoms with E-state index in [0.29, 0.717) is 16.5 Å². The van der Waals surface area contributed by atoms with Gasteiger partial charge < -0.3 is 0 Å². The van der Waals surface area contributed by atoms with Crippen LogP contribution >= 0.6 is 11.6 Å². The van der Waals surface area contributed by atoms with Gasteiger partial charge in [-0.2, -0.15) is 0 Å². The first-order valence-electron chi connectivity index (χ1n) is 7.59. The quantitative estimate of drug-likeness (QED) is 0.628. The molecule has 0 saturated heterocycles. The maximum Gasteiger partial charge on any atom is 0.129 e. The zero-order valence-corrected chi connectivity index (χ0v) is 13.9. The molecule has 0 aliphatic rings. The predicted octanol–water partition coefficient (Wildman–Crippen LogP) is 5.89. The second-order valence-corrected chi connectivity index (χ2v) is 7.29. The minimum Gasteiger partial charge on any atom is -0.244 e. The normalized spacial score (nSPS) is 13.1. The third-order valence-corrected chi connectivity index (χ3v) is 3.93. The minimum absolute atomic E-state index is 0.307. The van der Waals surface area contributed by atoms with E-state index in [-0.39, 0.29) is 0 Å². The summed E-state index contributed by atoms with van der Waals surface area (Å²) >= 11 is 5.91. The first kappa shape index (κ1) is 16.0. The summed E-state index contributed by atoms with van der Waals surface area (Å²) < 4.78 is 0. The van der Waals surface area contributed by atoms with Crippen LogP contribution in [0.15, 0.2) is 48.7 Å². The number of nitrogens with zero attached hydrogens (tertiary/aromatic N) is 1. The number of halogens is 1. The molecule has 21 heavy (non-hydrogen) atoms. The Kier molecular flexibility index (Phi) is 5.41. The summed E-state index contributed by atoms with van der Waals surface area (Å²) in [4.78, 5) is 4.25. The highest BCUT2D eigenvalue weighted by Crippen LogP contribution is 2.34. The topological polar surface area (TPSA) is 12.9 Å². The fourth-order valence-corrected chi connectivity index (χ4v) is 2.85. The Morgan fingerprint density at radius 1 is 1.05 bits per heavy atom. The van der Waals surface area contributed by atoms with E-state index in [4.69, 9.17) is 11.6 Å². The maximum absolute atomic E-state index is 5.91. The molecule has 0 aliphatic heterocycles. The van der Waals surface area contributed by atoms with Gasteiger partial charge in [0.2, 0.25) is 0 Å². The Morgan fingerprint density at radius 2 is 1.76 bits per heavy atom. The summed E-state index contributed by atoms with van der Waals surface area (Å²) in [5.74, 6) is 0.523. The summed E-state index contributed by atoms with van der Waals surface area (Å²) in [7, 11) is 0. The van der Waals surface area contributed by atoms with Crippen LogP contribution in [0.1, 0.15) is 50.7 Å². The lowest BCUT2D eigenvalue weighted by Gasteiger charge is -2.26. The van der Waals surface area contributed by atoms with Crippen LogP contribution in [-0.4, -0.2) is 4.98 Å².